The molecule has 0 radical (unpaired) electrons. The molecule has 3 heterocycles. The lowest BCUT2D eigenvalue weighted by molar-refractivity contribution is -0.123. The minimum atomic E-state index is -0.943. The normalized spacial score (nSPS) is 15.6. The molecule has 3 aromatic heterocycles. The lowest BCUT2D eigenvalue weighted by Gasteiger charge is -2.41. The van der Waals surface area contributed by atoms with Crippen LogP contribution in [0.2, 0.25) is 0 Å². The zero-order valence-electron chi connectivity index (χ0n) is 17.3. The monoisotopic (exact) mass is 457 g/mol. The first-order valence-corrected chi connectivity index (χ1v) is 11.1. The number of carbonyl (C=O) groups is 1. The highest BCUT2D eigenvalue weighted by Gasteiger charge is 2.41. The number of amides is 1. The smallest absolute Gasteiger partial charge is 0.239 e. The Balaban J connectivity index is 1.36. The molecule has 5 N–H and O–H groups in total. The molecule has 4 rings (SSSR count). The number of hydrogen-bond donors (Lipinski definition) is 4. The van der Waals surface area contributed by atoms with Crippen molar-refractivity contribution in [3.05, 3.63) is 53.0 Å². The molecule has 9 nitrogen and oxygen atoms in total. The summed E-state index contributed by atoms with van der Waals surface area (Å²) in [4.78, 5) is 21.1. The van der Waals surface area contributed by atoms with E-state index >= 15 is 0 Å². The van der Waals surface area contributed by atoms with Gasteiger partial charge in [-0.2, -0.15) is 0 Å². The van der Waals surface area contributed by atoms with Gasteiger partial charge in [-0.1, -0.05) is 6.42 Å². The Morgan fingerprint density at radius 2 is 2.12 bits per heavy atom. The molecule has 0 bridgehead atoms. The van der Waals surface area contributed by atoms with Crippen LogP contribution in [0.15, 0.2) is 36.7 Å². The van der Waals surface area contributed by atoms with Crippen molar-refractivity contribution in [2.75, 3.05) is 18.5 Å². The lowest BCUT2D eigenvalue weighted by Crippen LogP contribution is -2.42. The van der Waals surface area contributed by atoms with E-state index < -0.39 is 18.6 Å². The second kappa shape index (κ2) is 9.63. The number of nitrogens with two attached hydrogens (primary N) is 1. The second-order valence-corrected chi connectivity index (χ2v) is 8.88. The average molecular weight is 458 g/mol. The highest BCUT2D eigenvalue weighted by molar-refractivity contribution is 7.15. The number of hydrogen-bond acceptors (Lipinski definition) is 9. The number of rotatable bonds is 9. The Hall–Kier alpha value is -3.02. The number of nitrogens with zero attached hydrogens (tertiary/aromatic N) is 4. The summed E-state index contributed by atoms with van der Waals surface area (Å²) in [5, 5.41) is 24.0. The van der Waals surface area contributed by atoms with Gasteiger partial charge in [-0.05, 0) is 37.1 Å². The molecule has 0 spiro atoms. The van der Waals surface area contributed by atoms with Crippen molar-refractivity contribution in [2.24, 2.45) is 5.73 Å². The minimum absolute atomic E-state index is 0.267. The van der Waals surface area contributed by atoms with Crippen LogP contribution in [0.1, 0.15) is 29.8 Å². The van der Waals surface area contributed by atoms with Gasteiger partial charge < -0.3 is 21.5 Å². The fourth-order valence-corrected chi connectivity index (χ4v) is 4.39. The van der Waals surface area contributed by atoms with Crippen molar-refractivity contribution < 1.29 is 14.3 Å². The van der Waals surface area contributed by atoms with Gasteiger partial charge in [0.15, 0.2) is 0 Å². The SMILES string of the molecule is N[C@@H](CO)C(=O)NCc1cnc(-c2ccc(NCC3(c4ncccc4F)CCC3)nn2)s1. The van der Waals surface area contributed by atoms with Crippen LogP contribution in [0, 0.1) is 5.82 Å². The van der Waals surface area contributed by atoms with Crippen molar-refractivity contribution in [2.45, 2.75) is 37.3 Å². The summed E-state index contributed by atoms with van der Waals surface area (Å²) < 4.78 is 14.3. The summed E-state index contributed by atoms with van der Waals surface area (Å²) in [5.41, 5.74) is 6.27. The molecule has 0 unspecified atom stereocenters. The summed E-state index contributed by atoms with van der Waals surface area (Å²) in [7, 11) is 0. The van der Waals surface area contributed by atoms with E-state index in [0.29, 0.717) is 28.8 Å². The van der Waals surface area contributed by atoms with Gasteiger partial charge in [0.2, 0.25) is 5.91 Å². The van der Waals surface area contributed by atoms with Crippen LogP contribution in [-0.2, 0) is 16.8 Å². The number of halogens is 1. The molecule has 1 fully saturated rings. The van der Waals surface area contributed by atoms with Gasteiger partial charge >= 0.3 is 0 Å². The lowest BCUT2D eigenvalue weighted by atomic mass is 9.66. The summed E-state index contributed by atoms with van der Waals surface area (Å²) in [6.07, 6.45) is 6.07. The average Bonchev–Trinajstić information content (AvgIpc) is 3.26. The van der Waals surface area contributed by atoms with Gasteiger partial charge in [-0.15, -0.1) is 21.5 Å². The molecule has 1 atom stereocenters. The molecule has 1 aliphatic rings. The molecule has 168 valence electrons. The Morgan fingerprint density at radius 3 is 2.78 bits per heavy atom. The number of aliphatic hydroxyl groups is 1. The molecule has 32 heavy (non-hydrogen) atoms. The predicted molar refractivity (Wildman–Crippen MR) is 118 cm³/mol. The van der Waals surface area contributed by atoms with Crippen molar-refractivity contribution in [1.29, 1.82) is 0 Å². The number of nitrogens with one attached hydrogen (secondary N) is 2. The Bertz CT molecular complexity index is 1070. The zero-order valence-corrected chi connectivity index (χ0v) is 18.1. The molecule has 1 aliphatic carbocycles. The van der Waals surface area contributed by atoms with Crippen LogP contribution in [0.25, 0.3) is 10.7 Å². The molecule has 1 amide bonds. The van der Waals surface area contributed by atoms with Crippen molar-refractivity contribution in [1.82, 2.24) is 25.5 Å². The van der Waals surface area contributed by atoms with E-state index in [-0.39, 0.29) is 17.8 Å². The van der Waals surface area contributed by atoms with Gasteiger partial charge in [0.25, 0.3) is 0 Å². The van der Waals surface area contributed by atoms with Gasteiger partial charge in [0, 0.05) is 29.2 Å². The van der Waals surface area contributed by atoms with E-state index in [0.717, 1.165) is 24.1 Å². The van der Waals surface area contributed by atoms with Crippen LogP contribution in [0.5, 0.6) is 0 Å². The Labute approximate surface area is 188 Å². The molecular formula is C21H24FN7O2S. The first-order chi connectivity index (χ1) is 15.5. The number of pyridine rings is 1. The third-order valence-corrected chi connectivity index (χ3v) is 6.61. The van der Waals surface area contributed by atoms with E-state index in [1.54, 1.807) is 18.5 Å². The van der Waals surface area contributed by atoms with Crippen LogP contribution in [0.4, 0.5) is 10.2 Å². The summed E-state index contributed by atoms with van der Waals surface area (Å²) in [6, 6.07) is 5.73. The van der Waals surface area contributed by atoms with Crippen molar-refractivity contribution in [3.8, 4) is 10.7 Å². The van der Waals surface area contributed by atoms with Gasteiger partial charge in [0.05, 0.1) is 18.8 Å². The number of anilines is 1. The van der Waals surface area contributed by atoms with E-state index in [9.17, 15) is 9.18 Å². The maximum absolute atomic E-state index is 14.3. The van der Waals surface area contributed by atoms with Gasteiger partial charge in [-0.3, -0.25) is 9.78 Å². The standard InChI is InChI=1S/C21H24FN7O2S/c22-14-3-1-8-24-18(14)21(6-2-7-21)12-27-17-5-4-16(28-29-17)20-26-10-13(32-20)9-25-19(31)15(23)11-30/h1,3-5,8,10,15,30H,2,6-7,9,11-12,23H2,(H,25,31)(H,27,29)/t15-/m0/s1. The topological polar surface area (TPSA) is 139 Å². The quantitative estimate of drug-likeness (QED) is 0.380. The first kappa shape index (κ1) is 22.2. The third kappa shape index (κ3) is 4.74. The fourth-order valence-electron chi connectivity index (χ4n) is 3.57. The Morgan fingerprint density at radius 1 is 1.28 bits per heavy atom. The van der Waals surface area contributed by atoms with Crippen LogP contribution < -0.4 is 16.4 Å². The third-order valence-electron chi connectivity index (χ3n) is 5.59. The summed E-state index contributed by atoms with van der Waals surface area (Å²) >= 11 is 1.38. The summed E-state index contributed by atoms with van der Waals surface area (Å²) in [5.74, 6) is -0.101. The van der Waals surface area contributed by atoms with E-state index in [2.05, 4.69) is 30.8 Å². The summed E-state index contributed by atoms with van der Waals surface area (Å²) in [6.45, 7) is 0.392. The van der Waals surface area contributed by atoms with E-state index in [1.807, 2.05) is 12.1 Å². The number of aromatic nitrogens is 4. The van der Waals surface area contributed by atoms with Crippen LogP contribution in [-0.4, -0.2) is 50.4 Å². The molecule has 0 saturated heterocycles. The predicted octanol–water partition coefficient (Wildman–Crippen LogP) is 1.60. The molecular weight excluding hydrogens is 433 g/mol. The Kier molecular flexibility index (Phi) is 6.68. The largest absolute Gasteiger partial charge is 0.394 e. The van der Waals surface area contributed by atoms with Crippen LogP contribution in [0.3, 0.4) is 0 Å². The number of thiazole rings is 1. The van der Waals surface area contributed by atoms with Crippen molar-refractivity contribution >= 4 is 23.1 Å². The number of aliphatic hydroxyl groups excluding tert-OH is 1. The molecule has 0 aromatic carbocycles. The zero-order chi connectivity index (χ0) is 22.6. The maximum Gasteiger partial charge on any atom is 0.239 e. The molecule has 0 aliphatic heterocycles. The first-order valence-electron chi connectivity index (χ1n) is 10.3. The molecule has 1 saturated carbocycles. The van der Waals surface area contributed by atoms with Gasteiger partial charge in [-0.25, -0.2) is 9.37 Å². The molecule has 11 heteroatoms. The maximum atomic E-state index is 14.3. The minimum Gasteiger partial charge on any atom is -0.394 e. The highest BCUT2D eigenvalue weighted by Crippen LogP contribution is 2.43. The van der Waals surface area contributed by atoms with Crippen LogP contribution >= 0.6 is 11.3 Å². The van der Waals surface area contributed by atoms with E-state index in [4.69, 9.17) is 10.8 Å². The molecule has 3 aromatic rings. The van der Waals surface area contributed by atoms with Gasteiger partial charge in [0.1, 0.15) is 28.4 Å². The second-order valence-electron chi connectivity index (χ2n) is 7.76. The van der Waals surface area contributed by atoms with E-state index in [1.165, 1.54) is 17.4 Å². The highest BCUT2D eigenvalue weighted by atomic mass is 32.1. The fraction of sp³-hybridized carbons (Fsp3) is 0.381. The van der Waals surface area contributed by atoms with Crippen molar-refractivity contribution in [3.63, 3.8) is 0 Å². The number of carbonyl (C=O) groups excluding carboxylic acids is 1.